The fourth-order valence-electron chi connectivity index (χ4n) is 5.14. The molecule has 1 saturated carbocycles. The second-order valence-electron chi connectivity index (χ2n) is 9.96. The molecule has 1 fully saturated rings. The minimum Gasteiger partial charge on any atom is -0.497 e. The van der Waals surface area contributed by atoms with E-state index in [1.54, 1.807) is 40.6 Å². The van der Waals surface area contributed by atoms with Crippen molar-refractivity contribution in [2.45, 2.75) is 57.2 Å². The highest BCUT2D eigenvalue weighted by atomic mass is 19.3. The number of alkyl halides is 2. The molecule has 41 heavy (non-hydrogen) atoms. The van der Waals surface area contributed by atoms with Crippen LogP contribution in [-0.4, -0.2) is 62.5 Å². The van der Waals surface area contributed by atoms with E-state index in [2.05, 4.69) is 9.98 Å². The van der Waals surface area contributed by atoms with Crippen molar-refractivity contribution in [2.24, 2.45) is 21.6 Å². The van der Waals surface area contributed by atoms with Crippen LogP contribution in [0.15, 0.2) is 57.9 Å². The Labute approximate surface area is 239 Å². The number of aliphatic imine (C=N–C) groups is 2. The molecule has 1 heterocycles. The molecule has 2 aliphatic rings. The first kappa shape index (κ1) is 29.9. The Morgan fingerprint density at radius 3 is 2.00 bits per heavy atom. The fourth-order valence-corrected chi connectivity index (χ4v) is 5.14. The topological polar surface area (TPSA) is 120 Å². The summed E-state index contributed by atoms with van der Waals surface area (Å²) in [4.78, 5) is 10.9. The standard InChI is InChI=1S/C29H38F2N6O4/c1-38-21-10-8-19(24(13-21)40-3)16-36(17-20-9-11-22(39-2)14-25(20)41-4)27-15-23(32)28(35-18-34-27)37(33)26-7-5-6-12-29(26,30)31/h8-11,13-14,18,26H,5-7,12,15-17,32-33H2,1-4H3. The van der Waals surface area contributed by atoms with E-state index in [0.717, 1.165) is 16.1 Å². The van der Waals surface area contributed by atoms with Gasteiger partial charge in [0.25, 0.3) is 5.92 Å². The molecule has 4 N–H and O–H groups in total. The van der Waals surface area contributed by atoms with Crippen LogP contribution in [0, 0.1) is 0 Å². The number of ether oxygens (including phenoxy) is 4. The summed E-state index contributed by atoms with van der Waals surface area (Å²) in [5.74, 6) is 6.56. The number of methoxy groups -OCH3 is 4. The van der Waals surface area contributed by atoms with Crippen LogP contribution in [-0.2, 0) is 13.1 Å². The van der Waals surface area contributed by atoms with E-state index in [-0.39, 0.29) is 30.8 Å². The highest BCUT2D eigenvalue weighted by molar-refractivity contribution is 5.91. The summed E-state index contributed by atoms with van der Waals surface area (Å²) in [5.41, 5.74) is 8.47. The maximum atomic E-state index is 14.7. The van der Waals surface area contributed by atoms with Crippen molar-refractivity contribution in [2.75, 3.05) is 28.4 Å². The molecule has 0 bridgehead atoms. The maximum absolute atomic E-state index is 14.7. The van der Waals surface area contributed by atoms with Crippen molar-refractivity contribution in [1.29, 1.82) is 0 Å². The van der Waals surface area contributed by atoms with Gasteiger partial charge < -0.3 is 29.6 Å². The molecule has 222 valence electrons. The van der Waals surface area contributed by atoms with Gasteiger partial charge >= 0.3 is 0 Å². The molecule has 1 unspecified atom stereocenters. The van der Waals surface area contributed by atoms with E-state index < -0.39 is 12.0 Å². The van der Waals surface area contributed by atoms with Crippen molar-refractivity contribution in [1.82, 2.24) is 9.91 Å². The van der Waals surface area contributed by atoms with E-state index in [9.17, 15) is 8.78 Å². The molecule has 2 aromatic rings. The molecule has 0 aromatic heterocycles. The molecular weight excluding hydrogens is 534 g/mol. The predicted molar refractivity (Wildman–Crippen MR) is 153 cm³/mol. The van der Waals surface area contributed by atoms with E-state index in [1.165, 1.54) is 6.34 Å². The summed E-state index contributed by atoms with van der Waals surface area (Å²) in [6, 6.07) is 9.96. The second kappa shape index (κ2) is 13.1. The first-order chi connectivity index (χ1) is 19.7. The smallest absolute Gasteiger partial charge is 0.269 e. The van der Waals surface area contributed by atoms with Crippen LogP contribution in [0.2, 0.25) is 0 Å². The molecule has 0 saturated heterocycles. The number of nitrogens with two attached hydrogens (primary N) is 2. The average Bonchev–Trinajstić information content (AvgIpc) is 3.17. The third-order valence-corrected chi connectivity index (χ3v) is 7.40. The number of benzene rings is 2. The lowest BCUT2D eigenvalue weighted by Crippen LogP contribution is -2.52. The Bertz CT molecular complexity index is 1260. The van der Waals surface area contributed by atoms with E-state index >= 15 is 0 Å². The number of hydrogen-bond donors (Lipinski definition) is 2. The van der Waals surface area contributed by atoms with Crippen LogP contribution in [0.25, 0.3) is 0 Å². The van der Waals surface area contributed by atoms with Crippen LogP contribution in [0.4, 0.5) is 8.78 Å². The molecule has 0 radical (unpaired) electrons. The molecule has 0 spiro atoms. The minimum absolute atomic E-state index is 0.0966. The summed E-state index contributed by atoms with van der Waals surface area (Å²) >= 11 is 0. The van der Waals surface area contributed by atoms with E-state index in [4.69, 9.17) is 30.5 Å². The van der Waals surface area contributed by atoms with Gasteiger partial charge in [-0.05, 0) is 37.1 Å². The number of hydrazine groups is 1. The Morgan fingerprint density at radius 2 is 1.49 bits per heavy atom. The quantitative estimate of drug-likeness (QED) is 0.317. The highest BCUT2D eigenvalue weighted by Gasteiger charge is 2.45. The average molecular weight is 573 g/mol. The zero-order valence-corrected chi connectivity index (χ0v) is 23.9. The fraction of sp³-hybridized carbons (Fsp3) is 0.448. The van der Waals surface area contributed by atoms with Crippen molar-refractivity contribution in [3.05, 3.63) is 59.0 Å². The molecule has 4 rings (SSSR count). The van der Waals surface area contributed by atoms with Gasteiger partial charge in [-0.3, -0.25) is 5.01 Å². The van der Waals surface area contributed by atoms with Gasteiger partial charge in [0.05, 0.1) is 34.1 Å². The highest BCUT2D eigenvalue weighted by Crippen LogP contribution is 2.37. The van der Waals surface area contributed by atoms with Crippen LogP contribution < -0.4 is 30.5 Å². The Balaban J connectivity index is 1.68. The Hall–Kier alpha value is -4.06. The van der Waals surface area contributed by atoms with Crippen molar-refractivity contribution < 1.29 is 27.7 Å². The number of amidine groups is 1. The predicted octanol–water partition coefficient (Wildman–Crippen LogP) is 4.44. The van der Waals surface area contributed by atoms with Gasteiger partial charge in [0.15, 0.2) is 5.82 Å². The van der Waals surface area contributed by atoms with Gasteiger partial charge in [-0.2, -0.15) is 0 Å². The molecule has 0 amide bonds. The second-order valence-corrected chi connectivity index (χ2v) is 9.96. The minimum atomic E-state index is -2.94. The maximum Gasteiger partial charge on any atom is 0.269 e. The molecule has 10 nitrogen and oxygen atoms in total. The van der Waals surface area contributed by atoms with Crippen LogP contribution in [0.3, 0.4) is 0 Å². The van der Waals surface area contributed by atoms with Gasteiger partial charge in [-0.1, -0.05) is 6.42 Å². The summed E-state index contributed by atoms with van der Waals surface area (Å²) in [6.07, 6.45) is 2.61. The summed E-state index contributed by atoms with van der Waals surface area (Å²) < 4.78 is 51.4. The van der Waals surface area contributed by atoms with Crippen molar-refractivity contribution in [3.8, 4) is 23.0 Å². The first-order valence-electron chi connectivity index (χ1n) is 13.4. The number of rotatable bonds is 10. The largest absolute Gasteiger partial charge is 0.497 e. The molecule has 1 aliphatic carbocycles. The Kier molecular flexibility index (Phi) is 9.53. The third-order valence-electron chi connectivity index (χ3n) is 7.40. The van der Waals surface area contributed by atoms with E-state index in [1.807, 2.05) is 29.2 Å². The van der Waals surface area contributed by atoms with Crippen LogP contribution in [0.1, 0.15) is 43.2 Å². The van der Waals surface area contributed by atoms with E-state index in [0.29, 0.717) is 54.8 Å². The zero-order valence-electron chi connectivity index (χ0n) is 23.9. The number of halogens is 2. The summed E-state index contributed by atoms with van der Waals surface area (Å²) in [7, 11) is 6.36. The lowest BCUT2D eigenvalue weighted by atomic mass is 9.91. The lowest BCUT2D eigenvalue weighted by molar-refractivity contribution is -0.0987. The van der Waals surface area contributed by atoms with Crippen LogP contribution >= 0.6 is 0 Å². The first-order valence-corrected chi connectivity index (χ1v) is 13.4. The van der Waals surface area contributed by atoms with Crippen LogP contribution in [0.5, 0.6) is 23.0 Å². The Morgan fingerprint density at radius 1 is 0.902 bits per heavy atom. The van der Waals surface area contributed by atoms with Gasteiger partial charge in [0, 0.05) is 49.2 Å². The zero-order chi connectivity index (χ0) is 29.6. The van der Waals surface area contributed by atoms with Gasteiger partial charge in [-0.25, -0.2) is 24.6 Å². The normalized spacial score (nSPS) is 18.3. The molecule has 12 heteroatoms. The molecular formula is C29H38F2N6O4. The summed E-state index contributed by atoms with van der Waals surface area (Å²) in [5, 5.41) is 1.02. The molecule has 1 atom stereocenters. The van der Waals surface area contributed by atoms with Gasteiger partial charge in [-0.15, -0.1) is 0 Å². The lowest BCUT2D eigenvalue weighted by Gasteiger charge is -2.38. The summed E-state index contributed by atoms with van der Waals surface area (Å²) in [6.45, 7) is 0.759. The SMILES string of the molecule is COc1ccc(CN(Cc2ccc(OC)cc2OC)C2=NC=NC(N(N)C3CCCCC3(F)F)=C(N)C2)c(OC)c1. The number of nitrogens with zero attached hydrogens (tertiary/aromatic N) is 4. The molecule has 2 aromatic carbocycles. The molecule has 1 aliphatic heterocycles. The van der Waals surface area contributed by atoms with Gasteiger partial charge in [0.2, 0.25) is 0 Å². The van der Waals surface area contributed by atoms with Crippen molar-refractivity contribution in [3.63, 3.8) is 0 Å². The monoisotopic (exact) mass is 572 g/mol. The number of hydrogen-bond acceptors (Lipinski definition) is 10. The third kappa shape index (κ3) is 6.82. The van der Waals surface area contributed by atoms with Gasteiger partial charge in [0.1, 0.15) is 41.2 Å². The van der Waals surface area contributed by atoms with Crippen molar-refractivity contribution >= 4 is 12.2 Å².